The van der Waals surface area contributed by atoms with Gasteiger partial charge < -0.3 is 15.0 Å². The number of anilines is 1. The highest BCUT2D eigenvalue weighted by molar-refractivity contribution is 7.92. The summed E-state index contributed by atoms with van der Waals surface area (Å²) in [7, 11) is -2.55. The third-order valence-electron chi connectivity index (χ3n) is 7.01. The molecule has 0 saturated heterocycles. The molecule has 3 rings (SSSR count). The Morgan fingerprint density at radius 2 is 1.68 bits per heavy atom. The standard InChI is InChI=1S/C32H41N3O5S/c1-6-8-20-33-32(37)25(4)34(22-26-12-11-14-28(21-26)40-5)31(36)23-35(30-15-10-9-13-27(30)7-2)41(38,39)29-18-16-24(3)17-19-29/h9-19,21,25H,6-8,20,22-23H2,1-5H3,(H,33,37)/t25-/m1/s1. The van der Waals surface area contributed by atoms with E-state index < -0.39 is 28.5 Å². The van der Waals surface area contributed by atoms with Crippen molar-refractivity contribution in [1.82, 2.24) is 10.2 Å². The number of carbonyl (C=O) groups excluding carboxylic acids is 2. The van der Waals surface area contributed by atoms with E-state index >= 15 is 0 Å². The molecule has 0 radical (unpaired) electrons. The number of hydrogen-bond donors (Lipinski definition) is 1. The molecule has 9 heteroatoms. The van der Waals surface area contributed by atoms with E-state index in [0.717, 1.165) is 29.5 Å². The minimum Gasteiger partial charge on any atom is -0.497 e. The Hall–Kier alpha value is -3.85. The van der Waals surface area contributed by atoms with Crippen molar-refractivity contribution in [1.29, 1.82) is 0 Å². The van der Waals surface area contributed by atoms with Crippen LogP contribution in [-0.2, 0) is 32.6 Å². The van der Waals surface area contributed by atoms with Crippen molar-refractivity contribution in [3.05, 3.63) is 89.5 Å². The first-order chi connectivity index (χ1) is 19.6. The molecule has 1 N–H and O–H groups in total. The number of carbonyl (C=O) groups is 2. The average molecular weight is 580 g/mol. The molecule has 0 heterocycles. The van der Waals surface area contributed by atoms with Crippen molar-refractivity contribution in [2.75, 3.05) is 24.5 Å². The van der Waals surface area contributed by atoms with Crippen LogP contribution in [0.5, 0.6) is 5.75 Å². The number of benzene rings is 3. The number of ether oxygens (including phenoxy) is 1. The summed E-state index contributed by atoms with van der Waals surface area (Å²) in [5.74, 6) is -0.167. The largest absolute Gasteiger partial charge is 0.497 e. The Balaban J connectivity index is 2.04. The van der Waals surface area contributed by atoms with Crippen LogP contribution in [0.15, 0.2) is 77.7 Å². The van der Waals surface area contributed by atoms with Crippen molar-refractivity contribution >= 4 is 27.5 Å². The summed E-state index contributed by atoms with van der Waals surface area (Å²) in [5, 5.41) is 2.90. The first-order valence-electron chi connectivity index (χ1n) is 14.0. The fourth-order valence-electron chi connectivity index (χ4n) is 4.49. The first-order valence-corrected chi connectivity index (χ1v) is 15.4. The van der Waals surface area contributed by atoms with E-state index in [1.54, 1.807) is 62.6 Å². The Kier molecular flexibility index (Phi) is 11.3. The number of aryl methyl sites for hydroxylation is 2. The van der Waals surface area contributed by atoms with Crippen molar-refractivity contribution in [2.24, 2.45) is 0 Å². The van der Waals surface area contributed by atoms with E-state index in [2.05, 4.69) is 5.32 Å². The smallest absolute Gasteiger partial charge is 0.264 e. The Labute approximate surface area is 244 Å². The van der Waals surface area contributed by atoms with Crippen LogP contribution >= 0.6 is 0 Å². The second-order valence-corrected chi connectivity index (χ2v) is 11.9. The molecule has 0 saturated carbocycles. The molecule has 0 fully saturated rings. The second-order valence-electron chi connectivity index (χ2n) is 10.0. The third kappa shape index (κ3) is 8.10. The van der Waals surface area contributed by atoms with Gasteiger partial charge in [0, 0.05) is 13.1 Å². The van der Waals surface area contributed by atoms with Crippen LogP contribution < -0.4 is 14.4 Å². The zero-order chi connectivity index (χ0) is 30.0. The Bertz CT molecular complexity index is 1420. The van der Waals surface area contributed by atoms with Crippen molar-refractivity contribution in [3.8, 4) is 5.75 Å². The highest BCUT2D eigenvalue weighted by atomic mass is 32.2. The van der Waals surface area contributed by atoms with Crippen LogP contribution in [0.1, 0.15) is 50.3 Å². The van der Waals surface area contributed by atoms with Gasteiger partial charge in [-0.3, -0.25) is 13.9 Å². The summed E-state index contributed by atoms with van der Waals surface area (Å²) in [5.41, 5.74) is 2.91. The minimum atomic E-state index is -4.11. The molecule has 0 aromatic heterocycles. The maximum atomic E-state index is 14.1. The summed E-state index contributed by atoms with van der Waals surface area (Å²) < 4.78 is 34.6. The summed E-state index contributed by atoms with van der Waals surface area (Å²) in [6, 6.07) is 20.2. The number of sulfonamides is 1. The lowest BCUT2D eigenvalue weighted by molar-refractivity contribution is -0.139. The van der Waals surface area contributed by atoms with E-state index in [1.807, 2.05) is 45.0 Å². The molecule has 3 aromatic carbocycles. The fourth-order valence-corrected chi connectivity index (χ4v) is 5.94. The summed E-state index contributed by atoms with van der Waals surface area (Å²) in [6.07, 6.45) is 2.32. The van der Waals surface area contributed by atoms with Gasteiger partial charge in [0.15, 0.2) is 0 Å². The molecule has 3 aromatic rings. The van der Waals surface area contributed by atoms with Gasteiger partial charge in [0.2, 0.25) is 11.8 Å². The molecule has 2 amide bonds. The molecule has 0 aliphatic carbocycles. The highest BCUT2D eigenvalue weighted by Crippen LogP contribution is 2.28. The van der Waals surface area contributed by atoms with Crippen molar-refractivity contribution in [3.63, 3.8) is 0 Å². The van der Waals surface area contributed by atoms with Crippen LogP contribution in [0.2, 0.25) is 0 Å². The molecule has 8 nitrogen and oxygen atoms in total. The quantitative estimate of drug-likeness (QED) is 0.268. The SMILES string of the molecule is CCCCNC(=O)[C@@H](C)N(Cc1cccc(OC)c1)C(=O)CN(c1ccccc1CC)S(=O)(=O)c1ccc(C)cc1. The first kappa shape index (κ1) is 31.7. The fraction of sp³-hybridized carbons (Fsp3) is 0.375. The van der Waals surface area contributed by atoms with Gasteiger partial charge in [-0.25, -0.2) is 8.42 Å². The lowest BCUT2D eigenvalue weighted by Gasteiger charge is -2.32. The Morgan fingerprint density at radius 1 is 0.976 bits per heavy atom. The molecule has 0 spiro atoms. The number of amides is 2. The van der Waals surface area contributed by atoms with Gasteiger partial charge in [-0.1, -0.05) is 68.3 Å². The van der Waals surface area contributed by atoms with Gasteiger partial charge in [-0.15, -0.1) is 0 Å². The molecule has 0 aliphatic rings. The van der Waals surface area contributed by atoms with Crippen molar-refractivity contribution < 1.29 is 22.7 Å². The van der Waals surface area contributed by atoms with E-state index in [4.69, 9.17) is 4.74 Å². The van der Waals surface area contributed by atoms with Gasteiger partial charge in [0.05, 0.1) is 17.7 Å². The summed E-state index contributed by atoms with van der Waals surface area (Å²) in [6.45, 7) is 7.65. The van der Waals surface area contributed by atoms with Crippen LogP contribution in [0, 0.1) is 6.92 Å². The molecular weight excluding hydrogens is 538 g/mol. The zero-order valence-electron chi connectivity index (χ0n) is 24.6. The maximum absolute atomic E-state index is 14.1. The number of hydrogen-bond acceptors (Lipinski definition) is 5. The van der Waals surface area contributed by atoms with Crippen LogP contribution in [-0.4, -0.2) is 51.4 Å². The maximum Gasteiger partial charge on any atom is 0.264 e. The van der Waals surface area contributed by atoms with Gasteiger partial charge >= 0.3 is 0 Å². The van der Waals surface area contributed by atoms with Gasteiger partial charge in [-0.05, 0) is 68.1 Å². The molecule has 220 valence electrons. The highest BCUT2D eigenvalue weighted by Gasteiger charge is 2.33. The average Bonchev–Trinajstić information content (AvgIpc) is 2.98. The van der Waals surface area contributed by atoms with E-state index in [0.29, 0.717) is 24.4 Å². The van der Waals surface area contributed by atoms with E-state index in [9.17, 15) is 18.0 Å². The van der Waals surface area contributed by atoms with Gasteiger partial charge in [-0.2, -0.15) is 0 Å². The predicted molar refractivity (Wildman–Crippen MR) is 162 cm³/mol. The number of methoxy groups -OCH3 is 1. The molecule has 0 unspecified atom stereocenters. The number of para-hydroxylation sites is 1. The van der Waals surface area contributed by atoms with Gasteiger partial charge in [0.25, 0.3) is 10.0 Å². The van der Waals surface area contributed by atoms with E-state index in [1.165, 1.54) is 9.21 Å². The number of rotatable bonds is 14. The lowest BCUT2D eigenvalue weighted by atomic mass is 10.1. The normalized spacial score (nSPS) is 11.9. The number of unbranched alkanes of at least 4 members (excludes halogenated alkanes) is 1. The van der Waals surface area contributed by atoms with Crippen LogP contribution in [0.3, 0.4) is 0 Å². The molecule has 41 heavy (non-hydrogen) atoms. The molecule has 0 aliphatic heterocycles. The van der Waals surface area contributed by atoms with E-state index in [-0.39, 0.29) is 17.3 Å². The monoisotopic (exact) mass is 579 g/mol. The van der Waals surface area contributed by atoms with Crippen LogP contribution in [0.4, 0.5) is 5.69 Å². The Morgan fingerprint density at radius 3 is 2.34 bits per heavy atom. The topological polar surface area (TPSA) is 96.0 Å². The summed E-state index contributed by atoms with van der Waals surface area (Å²) >= 11 is 0. The molecule has 0 bridgehead atoms. The zero-order valence-corrected chi connectivity index (χ0v) is 25.4. The number of nitrogens with one attached hydrogen (secondary N) is 1. The molecule has 1 atom stereocenters. The summed E-state index contributed by atoms with van der Waals surface area (Å²) in [4.78, 5) is 28.7. The predicted octanol–water partition coefficient (Wildman–Crippen LogP) is 5.09. The van der Waals surface area contributed by atoms with Crippen molar-refractivity contribution in [2.45, 2.75) is 64.4 Å². The minimum absolute atomic E-state index is 0.0894. The van der Waals surface area contributed by atoms with Crippen LogP contribution in [0.25, 0.3) is 0 Å². The van der Waals surface area contributed by atoms with Gasteiger partial charge in [0.1, 0.15) is 18.3 Å². The third-order valence-corrected chi connectivity index (χ3v) is 8.79. The second kappa shape index (κ2) is 14.7. The lowest BCUT2D eigenvalue weighted by Crippen LogP contribution is -2.51. The molecular formula is C32H41N3O5S. The number of nitrogens with zero attached hydrogens (tertiary/aromatic N) is 2.